The molecule has 3 aliphatic heterocycles. The van der Waals surface area contributed by atoms with Crippen LogP contribution in [0.3, 0.4) is 0 Å². The highest BCUT2D eigenvalue weighted by molar-refractivity contribution is 5.69. The van der Waals surface area contributed by atoms with E-state index >= 15 is 0 Å². The summed E-state index contributed by atoms with van der Waals surface area (Å²) in [5, 5.41) is 8.53. The van der Waals surface area contributed by atoms with E-state index in [1.54, 1.807) is 5.06 Å². The van der Waals surface area contributed by atoms with Gasteiger partial charge in [0.25, 0.3) is 0 Å². The van der Waals surface area contributed by atoms with E-state index in [4.69, 9.17) is 4.84 Å². The fraction of sp³-hybridized carbons (Fsp3) is 0.895. The van der Waals surface area contributed by atoms with Gasteiger partial charge in [-0.25, -0.2) is 0 Å². The van der Waals surface area contributed by atoms with Crippen molar-refractivity contribution >= 4 is 12.3 Å². The van der Waals surface area contributed by atoms with Crippen LogP contribution in [0, 0.1) is 11.8 Å². The van der Waals surface area contributed by atoms with Crippen LogP contribution in [0.4, 0.5) is 0 Å². The molecule has 3 aliphatic rings. The Morgan fingerprint density at radius 3 is 2.23 bits per heavy atom. The number of hydrogen-bond donors (Lipinski definition) is 2. The van der Waals surface area contributed by atoms with E-state index in [-0.39, 0.29) is 11.9 Å². The lowest BCUT2D eigenvalue weighted by Crippen LogP contribution is -2.52. The van der Waals surface area contributed by atoms with Crippen molar-refractivity contribution < 1.29 is 14.4 Å². The zero-order chi connectivity index (χ0) is 18.2. The molecule has 0 aromatic carbocycles. The highest BCUT2D eigenvalue weighted by atomic mass is 16.7. The van der Waals surface area contributed by atoms with Crippen molar-refractivity contribution in [3.05, 3.63) is 0 Å². The minimum atomic E-state index is -0.193. The number of piperidine rings is 2. The summed E-state index contributed by atoms with van der Waals surface area (Å²) in [5.74, 6) is 0.206. The Hall–Kier alpha value is -1.02. The molecule has 0 aromatic heterocycles. The molecule has 7 heteroatoms. The molecule has 148 valence electrons. The number of hydrogen-bond acceptors (Lipinski definition) is 7. The second-order valence-corrected chi connectivity index (χ2v) is 7.84. The maximum Gasteiger partial charge on any atom is 0.325 e. The molecule has 3 heterocycles. The van der Waals surface area contributed by atoms with E-state index in [9.17, 15) is 9.59 Å². The second kappa shape index (κ2) is 10.3. The third kappa shape index (κ3) is 5.74. The first-order chi connectivity index (χ1) is 12.8. The maximum atomic E-state index is 12.2. The third-order valence-corrected chi connectivity index (χ3v) is 6.18. The first-order valence-corrected chi connectivity index (χ1v) is 10.3. The van der Waals surface area contributed by atoms with E-state index in [2.05, 4.69) is 15.5 Å². The summed E-state index contributed by atoms with van der Waals surface area (Å²) >= 11 is 0. The molecule has 3 fully saturated rings. The zero-order valence-electron chi connectivity index (χ0n) is 15.8. The maximum absolute atomic E-state index is 12.2. The highest BCUT2D eigenvalue weighted by Crippen LogP contribution is 2.24. The van der Waals surface area contributed by atoms with Gasteiger partial charge >= 0.3 is 5.97 Å². The second-order valence-electron chi connectivity index (χ2n) is 7.84. The van der Waals surface area contributed by atoms with Gasteiger partial charge in [-0.3, -0.25) is 9.69 Å². The Morgan fingerprint density at radius 1 is 1.00 bits per heavy atom. The summed E-state index contributed by atoms with van der Waals surface area (Å²) in [4.78, 5) is 31.7. The van der Waals surface area contributed by atoms with Crippen LogP contribution in [0.5, 0.6) is 0 Å². The van der Waals surface area contributed by atoms with Crippen molar-refractivity contribution in [2.75, 3.05) is 52.4 Å². The number of nitrogens with one attached hydrogen (secondary N) is 2. The van der Waals surface area contributed by atoms with Gasteiger partial charge in [-0.2, -0.15) is 0 Å². The van der Waals surface area contributed by atoms with Crippen LogP contribution in [0.15, 0.2) is 0 Å². The topological polar surface area (TPSA) is 73.9 Å². The summed E-state index contributed by atoms with van der Waals surface area (Å²) in [6.45, 7) is 7.64. The molecule has 3 saturated heterocycles. The Morgan fingerprint density at radius 2 is 1.62 bits per heavy atom. The van der Waals surface area contributed by atoms with Gasteiger partial charge in [0.05, 0.1) is 0 Å². The molecular formula is C19H34N4O3. The van der Waals surface area contributed by atoms with Crippen LogP contribution in [0.25, 0.3) is 0 Å². The van der Waals surface area contributed by atoms with Gasteiger partial charge in [-0.05, 0) is 64.2 Å². The van der Waals surface area contributed by atoms with Gasteiger partial charge in [0.15, 0.2) is 0 Å². The molecule has 0 aromatic rings. The van der Waals surface area contributed by atoms with Gasteiger partial charge in [-0.15, -0.1) is 5.06 Å². The van der Waals surface area contributed by atoms with Crippen LogP contribution in [0.2, 0.25) is 0 Å². The van der Waals surface area contributed by atoms with Crippen LogP contribution in [0.1, 0.15) is 38.5 Å². The number of rotatable bonds is 7. The van der Waals surface area contributed by atoms with Gasteiger partial charge in [0.2, 0.25) is 0 Å². The number of aldehydes is 1. The molecule has 0 saturated carbocycles. The van der Waals surface area contributed by atoms with Crippen molar-refractivity contribution in [2.24, 2.45) is 11.8 Å². The fourth-order valence-electron chi connectivity index (χ4n) is 4.49. The first-order valence-electron chi connectivity index (χ1n) is 10.3. The molecule has 0 aliphatic carbocycles. The highest BCUT2D eigenvalue weighted by Gasteiger charge is 2.27. The molecule has 1 atom stereocenters. The predicted octanol–water partition coefficient (Wildman–Crippen LogP) is 0.409. The molecule has 3 rings (SSSR count). The van der Waals surface area contributed by atoms with Crippen molar-refractivity contribution in [2.45, 2.75) is 44.6 Å². The van der Waals surface area contributed by atoms with E-state index < -0.39 is 0 Å². The Balaban J connectivity index is 1.34. The van der Waals surface area contributed by atoms with Crippen molar-refractivity contribution in [3.8, 4) is 0 Å². The SMILES string of the molecule is O=CC(CCC(=O)ON1CCN(C2CCNCC2)CC1)C1CCNCC1. The number of carbonyl (C=O) groups is 2. The van der Waals surface area contributed by atoms with Crippen molar-refractivity contribution in [3.63, 3.8) is 0 Å². The van der Waals surface area contributed by atoms with Crippen LogP contribution in [-0.2, 0) is 14.4 Å². The molecule has 7 nitrogen and oxygen atoms in total. The van der Waals surface area contributed by atoms with E-state index in [0.29, 0.717) is 24.8 Å². The lowest BCUT2D eigenvalue weighted by molar-refractivity contribution is -0.199. The van der Waals surface area contributed by atoms with Crippen molar-refractivity contribution in [1.82, 2.24) is 20.6 Å². The largest absolute Gasteiger partial charge is 0.368 e. The molecule has 2 N–H and O–H groups in total. The van der Waals surface area contributed by atoms with E-state index in [0.717, 1.165) is 71.5 Å². The molecule has 1 unspecified atom stereocenters. The summed E-state index contributed by atoms with van der Waals surface area (Å²) in [6, 6.07) is 0.674. The van der Waals surface area contributed by atoms with Crippen LogP contribution in [-0.4, -0.2) is 80.6 Å². The summed E-state index contributed by atoms with van der Waals surface area (Å²) in [7, 11) is 0. The fourth-order valence-corrected chi connectivity index (χ4v) is 4.49. The van der Waals surface area contributed by atoms with Crippen LogP contribution >= 0.6 is 0 Å². The number of nitrogens with zero attached hydrogens (tertiary/aromatic N) is 2. The number of carbonyl (C=O) groups excluding carboxylic acids is 2. The quantitative estimate of drug-likeness (QED) is 0.632. The molecule has 26 heavy (non-hydrogen) atoms. The Kier molecular flexibility index (Phi) is 7.85. The minimum absolute atomic E-state index is 0.0126. The smallest absolute Gasteiger partial charge is 0.325 e. The summed E-state index contributed by atoms with van der Waals surface area (Å²) < 4.78 is 0. The summed E-state index contributed by atoms with van der Waals surface area (Å²) in [6.07, 6.45) is 6.46. The van der Waals surface area contributed by atoms with Gasteiger partial charge < -0.3 is 20.3 Å². The Bertz CT molecular complexity index is 442. The lowest BCUT2D eigenvalue weighted by Gasteiger charge is -2.39. The van der Waals surface area contributed by atoms with Crippen LogP contribution < -0.4 is 10.6 Å². The standard InChI is InChI=1S/C19H34N4O3/c24-15-17(16-3-7-20-8-4-16)1-2-19(25)26-23-13-11-22(12-14-23)18-5-9-21-10-6-18/h15-18,20-21H,1-14H2. The first kappa shape index (κ1) is 19.7. The van der Waals surface area contributed by atoms with E-state index in [1.165, 1.54) is 12.8 Å². The van der Waals surface area contributed by atoms with Gasteiger partial charge in [-0.1, -0.05) is 0 Å². The lowest BCUT2D eigenvalue weighted by atomic mass is 9.83. The normalized spacial score (nSPS) is 25.7. The molecule has 0 amide bonds. The zero-order valence-corrected chi connectivity index (χ0v) is 15.8. The molecular weight excluding hydrogens is 332 g/mol. The van der Waals surface area contributed by atoms with E-state index in [1.807, 2.05) is 0 Å². The number of hydroxylamine groups is 2. The summed E-state index contributed by atoms with van der Waals surface area (Å²) in [5.41, 5.74) is 0. The predicted molar refractivity (Wildman–Crippen MR) is 99.5 cm³/mol. The minimum Gasteiger partial charge on any atom is -0.368 e. The molecule has 0 radical (unpaired) electrons. The van der Waals surface area contributed by atoms with Gasteiger partial charge in [0.1, 0.15) is 6.29 Å². The van der Waals surface area contributed by atoms with Crippen molar-refractivity contribution in [1.29, 1.82) is 0 Å². The van der Waals surface area contributed by atoms with Gasteiger partial charge in [0, 0.05) is 44.6 Å². The monoisotopic (exact) mass is 366 g/mol. The number of piperazine rings is 1. The molecule has 0 spiro atoms. The average molecular weight is 367 g/mol. The molecule has 0 bridgehead atoms. The Labute approximate surface area is 156 Å². The average Bonchev–Trinajstić information content (AvgIpc) is 2.70. The third-order valence-electron chi connectivity index (χ3n) is 6.18.